The van der Waals surface area contributed by atoms with Crippen molar-refractivity contribution in [1.29, 1.82) is 0 Å². The van der Waals surface area contributed by atoms with Crippen LogP contribution in [0.15, 0.2) is 48.8 Å². The first-order valence-electron chi connectivity index (χ1n) is 5.75. The minimum absolute atomic E-state index is 0.520. The third-order valence-electron chi connectivity index (χ3n) is 2.80. The zero-order chi connectivity index (χ0) is 12.4. The zero-order valence-corrected chi connectivity index (χ0v) is 10.5. The van der Waals surface area contributed by atoms with Crippen LogP contribution in [0.4, 0.5) is 0 Å². The number of hydrogen-bond donors (Lipinski definition) is 1. The summed E-state index contributed by atoms with van der Waals surface area (Å²) in [4.78, 5) is 8.47. The Kier molecular flexibility index (Phi) is 3.04. The van der Waals surface area contributed by atoms with Crippen molar-refractivity contribution in [2.75, 3.05) is 0 Å². The molecule has 2 aromatic heterocycles. The van der Waals surface area contributed by atoms with Crippen LogP contribution in [-0.2, 0) is 6.42 Å². The first-order valence-corrected chi connectivity index (χ1v) is 6.57. The van der Waals surface area contributed by atoms with E-state index in [4.69, 9.17) is 0 Å². The number of aliphatic hydroxyl groups excluding tert-OH is 1. The Bertz CT molecular complexity index is 618. The molecule has 0 spiro atoms. The van der Waals surface area contributed by atoms with Gasteiger partial charge in [-0.25, -0.2) is 4.98 Å². The van der Waals surface area contributed by atoms with Crippen LogP contribution in [0, 0.1) is 0 Å². The lowest BCUT2D eigenvalue weighted by molar-refractivity contribution is 0.178. The number of rotatable bonds is 3. The molecule has 1 unspecified atom stereocenters. The topological polar surface area (TPSA) is 46.0 Å². The molecular weight excluding hydrogens is 244 g/mol. The van der Waals surface area contributed by atoms with Crippen molar-refractivity contribution in [3.8, 4) is 0 Å². The molecule has 0 aliphatic heterocycles. The van der Waals surface area contributed by atoms with E-state index in [-0.39, 0.29) is 0 Å². The molecular formula is C14H12N2OS. The highest BCUT2D eigenvalue weighted by Crippen LogP contribution is 2.25. The summed E-state index contributed by atoms with van der Waals surface area (Å²) in [6.45, 7) is 0. The van der Waals surface area contributed by atoms with Crippen LogP contribution < -0.4 is 0 Å². The molecule has 3 aromatic rings. The molecule has 0 saturated heterocycles. The van der Waals surface area contributed by atoms with E-state index in [1.165, 1.54) is 0 Å². The van der Waals surface area contributed by atoms with Gasteiger partial charge in [-0.2, -0.15) is 0 Å². The summed E-state index contributed by atoms with van der Waals surface area (Å²) in [5.41, 5.74) is 1.88. The lowest BCUT2D eigenvalue weighted by atomic mass is 10.1. The van der Waals surface area contributed by atoms with Gasteiger partial charge in [-0.15, -0.1) is 11.3 Å². The molecule has 0 fully saturated rings. The van der Waals surface area contributed by atoms with Gasteiger partial charge in [0.25, 0.3) is 0 Å². The maximum atomic E-state index is 10.1. The largest absolute Gasteiger partial charge is 0.388 e. The van der Waals surface area contributed by atoms with Crippen molar-refractivity contribution in [3.63, 3.8) is 0 Å². The van der Waals surface area contributed by atoms with Gasteiger partial charge in [0.15, 0.2) is 0 Å². The Hall–Kier alpha value is -1.78. The summed E-state index contributed by atoms with van der Waals surface area (Å²) < 4.78 is 1.16. The van der Waals surface area contributed by atoms with E-state index >= 15 is 0 Å². The summed E-state index contributed by atoms with van der Waals surface area (Å²) in [5, 5.41) is 11.1. The van der Waals surface area contributed by atoms with Crippen molar-refractivity contribution in [2.45, 2.75) is 12.5 Å². The van der Waals surface area contributed by atoms with Gasteiger partial charge in [-0.3, -0.25) is 4.98 Å². The van der Waals surface area contributed by atoms with Crippen LogP contribution >= 0.6 is 11.3 Å². The second-order valence-electron chi connectivity index (χ2n) is 4.08. The first kappa shape index (κ1) is 11.3. The van der Waals surface area contributed by atoms with Crippen molar-refractivity contribution >= 4 is 21.6 Å². The number of fused-ring (bicyclic) bond motifs is 1. The molecule has 0 bridgehead atoms. The smallest absolute Gasteiger partial charge is 0.0967 e. The number of aromatic nitrogens is 2. The average molecular weight is 256 g/mol. The summed E-state index contributed by atoms with van der Waals surface area (Å²) in [6.07, 6.45) is 3.41. The Labute approximate surface area is 109 Å². The van der Waals surface area contributed by atoms with Crippen LogP contribution in [0.25, 0.3) is 10.2 Å². The molecule has 18 heavy (non-hydrogen) atoms. The number of thiazole rings is 1. The molecule has 4 heteroatoms. The number of benzene rings is 1. The van der Waals surface area contributed by atoms with Crippen molar-refractivity contribution in [2.24, 2.45) is 0 Å². The second-order valence-corrected chi connectivity index (χ2v) is 5.19. The minimum atomic E-state index is -0.520. The Morgan fingerprint density at radius 1 is 1.11 bits per heavy atom. The molecule has 1 N–H and O–H groups in total. The molecule has 1 atom stereocenters. The third-order valence-corrected chi connectivity index (χ3v) is 3.86. The number of aliphatic hydroxyl groups is 1. The lowest BCUT2D eigenvalue weighted by Gasteiger charge is -2.07. The van der Waals surface area contributed by atoms with Gasteiger partial charge < -0.3 is 5.11 Å². The van der Waals surface area contributed by atoms with Gasteiger partial charge in [0.1, 0.15) is 0 Å². The normalized spacial score (nSPS) is 12.7. The standard InChI is InChI=1S/C14H12N2OS/c17-12(10-5-7-15-8-6-10)9-14-16-11-3-1-2-4-13(11)18-14/h1-8,12,17H,9H2. The monoisotopic (exact) mass is 256 g/mol. The summed E-state index contributed by atoms with van der Waals surface area (Å²) in [6, 6.07) is 11.7. The van der Waals surface area contributed by atoms with Gasteiger partial charge in [0.05, 0.1) is 21.3 Å². The molecule has 0 radical (unpaired) electrons. The SMILES string of the molecule is OC(Cc1nc2ccccc2s1)c1ccncc1. The summed E-state index contributed by atoms with van der Waals surface area (Å²) >= 11 is 1.63. The van der Waals surface area contributed by atoms with E-state index in [1.807, 2.05) is 30.3 Å². The fraction of sp³-hybridized carbons (Fsp3) is 0.143. The van der Waals surface area contributed by atoms with Gasteiger partial charge >= 0.3 is 0 Å². The maximum absolute atomic E-state index is 10.1. The molecule has 0 amide bonds. The lowest BCUT2D eigenvalue weighted by Crippen LogP contribution is -2.01. The number of hydrogen-bond acceptors (Lipinski definition) is 4. The van der Waals surface area contributed by atoms with E-state index in [2.05, 4.69) is 16.0 Å². The highest BCUT2D eigenvalue weighted by Gasteiger charge is 2.11. The Morgan fingerprint density at radius 2 is 1.89 bits per heavy atom. The molecule has 1 aromatic carbocycles. The number of pyridine rings is 1. The summed E-state index contributed by atoms with van der Waals surface area (Å²) in [7, 11) is 0. The quantitative estimate of drug-likeness (QED) is 0.783. The maximum Gasteiger partial charge on any atom is 0.0967 e. The number of para-hydroxylation sites is 1. The number of nitrogens with zero attached hydrogens (tertiary/aromatic N) is 2. The Morgan fingerprint density at radius 3 is 2.67 bits per heavy atom. The van der Waals surface area contributed by atoms with Crippen molar-refractivity contribution < 1.29 is 5.11 Å². The van der Waals surface area contributed by atoms with Crippen LogP contribution in [-0.4, -0.2) is 15.1 Å². The van der Waals surface area contributed by atoms with Gasteiger partial charge in [-0.1, -0.05) is 12.1 Å². The van der Waals surface area contributed by atoms with Crippen LogP contribution in [0.3, 0.4) is 0 Å². The highest BCUT2D eigenvalue weighted by molar-refractivity contribution is 7.18. The fourth-order valence-electron chi connectivity index (χ4n) is 1.88. The van der Waals surface area contributed by atoms with Crippen molar-refractivity contribution in [1.82, 2.24) is 9.97 Å². The second kappa shape index (κ2) is 4.84. The third kappa shape index (κ3) is 2.25. The molecule has 3 nitrogen and oxygen atoms in total. The molecule has 3 rings (SSSR count). The first-order chi connectivity index (χ1) is 8.83. The van der Waals surface area contributed by atoms with Crippen molar-refractivity contribution in [3.05, 3.63) is 59.4 Å². The van der Waals surface area contributed by atoms with Gasteiger partial charge in [0, 0.05) is 18.8 Å². The van der Waals surface area contributed by atoms with Gasteiger partial charge in [0.2, 0.25) is 0 Å². The molecule has 0 aliphatic carbocycles. The van der Waals surface area contributed by atoms with E-state index in [0.717, 1.165) is 20.8 Å². The van der Waals surface area contributed by atoms with E-state index in [9.17, 15) is 5.11 Å². The van der Waals surface area contributed by atoms with E-state index in [1.54, 1.807) is 23.7 Å². The van der Waals surface area contributed by atoms with E-state index < -0.39 is 6.10 Å². The molecule has 90 valence electrons. The zero-order valence-electron chi connectivity index (χ0n) is 9.65. The minimum Gasteiger partial charge on any atom is -0.388 e. The molecule has 0 saturated carbocycles. The summed E-state index contributed by atoms with van der Waals surface area (Å²) in [5.74, 6) is 0. The Balaban J connectivity index is 1.84. The van der Waals surface area contributed by atoms with Crippen LogP contribution in [0.1, 0.15) is 16.7 Å². The van der Waals surface area contributed by atoms with Crippen LogP contribution in [0.5, 0.6) is 0 Å². The molecule has 2 heterocycles. The predicted octanol–water partition coefficient (Wildman–Crippen LogP) is 2.97. The molecule has 0 aliphatic rings. The average Bonchev–Trinajstić information content (AvgIpc) is 2.82. The van der Waals surface area contributed by atoms with Gasteiger partial charge in [-0.05, 0) is 29.8 Å². The predicted molar refractivity (Wildman–Crippen MR) is 72.5 cm³/mol. The fourth-order valence-corrected chi connectivity index (χ4v) is 2.88. The highest BCUT2D eigenvalue weighted by atomic mass is 32.1. The van der Waals surface area contributed by atoms with E-state index in [0.29, 0.717) is 6.42 Å². The van der Waals surface area contributed by atoms with Crippen LogP contribution in [0.2, 0.25) is 0 Å².